The van der Waals surface area contributed by atoms with Crippen molar-refractivity contribution >= 4 is 46.8 Å². The van der Waals surface area contributed by atoms with Crippen LogP contribution in [0.5, 0.6) is 0 Å². The Labute approximate surface area is 158 Å². The lowest BCUT2D eigenvalue weighted by atomic mass is 10.0. The highest BCUT2D eigenvalue weighted by Gasteiger charge is 2.17. The van der Waals surface area contributed by atoms with Crippen LogP contribution >= 0.6 is 24.0 Å². The van der Waals surface area contributed by atoms with Crippen molar-refractivity contribution in [1.29, 1.82) is 0 Å². The van der Waals surface area contributed by atoms with E-state index < -0.39 is 0 Å². The van der Waals surface area contributed by atoms with Gasteiger partial charge in [-0.05, 0) is 18.8 Å². The molecule has 24 heavy (non-hydrogen) atoms. The van der Waals surface area contributed by atoms with E-state index in [-0.39, 0.29) is 24.0 Å². The predicted molar refractivity (Wildman–Crippen MR) is 107 cm³/mol. The molecule has 3 heterocycles. The molecule has 0 bridgehead atoms. The fourth-order valence-electron chi connectivity index (χ4n) is 2.95. The smallest absolute Gasteiger partial charge is 0.191 e. The van der Waals surface area contributed by atoms with Crippen molar-refractivity contribution in [2.75, 3.05) is 31.5 Å². The van der Waals surface area contributed by atoms with Crippen LogP contribution < -0.4 is 11.1 Å². The molecule has 1 saturated heterocycles. The van der Waals surface area contributed by atoms with Crippen molar-refractivity contribution in [2.24, 2.45) is 23.7 Å². The molecule has 1 atom stereocenters. The van der Waals surface area contributed by atoms with Crippen LogP contribution in [0.1, 0.15) is 19.8 Å². The fraction of sp³-hybridized carbons (Fsp3) is 0.600. The van der Waals surface area contributed by atoms with Gasteiger partial charge in [0.15, 0.2) is 11.6 Å². The van der Waals surface area contributed by atoms with Gasteiger partial charge < -0.3 is 16.0 Å². The second-order valence-electron chi connectivity index (χ2n) is 6.09. The first-order chi connectivity index (χ1) is 11.1. The monoisotopic (exact) mass is 444 g/mol. The van der Waals surface area contributed by atoms with Crippen molar-refractivity contribution < 1.29 is 0 Å². The Morgan fingerprint density at radius 2 is 2.29 bits per heavy atom. The summed E-state index contributed by atoms with van der Waals surface area (Å²) in [4.78, 5) is 15.1. The molecule has 1 aliphatic heterocycles. The summed E-state index contributed by atoms with van der Waals surface area (Å²) in [6, 6.07) is 0. The molecule has 8 nitrogen and oxygen atoms in total. The molecule has 0 spiro atoms. The van der Waals surface area contributed by atoms with E-state index in [4.69, 9.17) is 5.73 Å². The summed E-state index contributed by atoms with van der Waals surface area (Å²) >= 11 is 0. The van der Waals surface area contributed by atoms with E-state index in [2.05, 4.69) is 37.2 Å². The molecule has 0 radical (unpaired) electrons. The molecule has 9 heteroatoms. The molecular formula is C15H25IN8. The number of nitrogens with one attached hydrogen (secondary N) is 1. The molecule has 2 aromatic heterocycles. The summed E-state index contributed by atoms with van der Waals surface area (Å²) in [5.41, 5.74) is 6.91. The van der Waals surface area contributed by atoms with Gasteiger partial charge in [-0.25, -0.2) is 9.97 Å². The van der Waals surface area contributed by atoms with E-state index in [9.17, 15) is 0 Å². The molecule has 1 fully saturated rings. The standard InChI is InChI=1S/C15H24N8.HI/c1-11-4-3-7-23(9-11)15(16)18-6-5-17-13-12-8-21-22(2)14(12)20-10-19-13;/h8,10-11H,3-7,9H2,1-2H3,(H2,16,18)(H,17,19,20);1H. The van der Waals surface area contributed by atoms with E-state index in [1.54, 1.807) is 17.2 Å². The minimum atomic E-state index is 0. The van der Waals surface area contributed by atoms with Crippen LogP contribution in [0.15, 0.2) is 17.5 Å². The van der Waals surface area contributed by atoms with Crippen molar-refractivity contribution in [2.45, 2.75) is 19.8 Å². The van der Waals surface area contributed by atoms with Crippen LogP contribution in [0.2, 0.25) is 0 Å². The second-order valence-corrected chi connectivity index (χ2v) is 6.09. The summed E-state index contributed by atoms with van der Waals surface area (Å²) in [6.45, 7) is 5.56. The number of halogens is 1. The molecule has 1 aliphatic rings. The summed E-state index contributed by atoms with van der Waals surface area (Å²) in [5, 5.41) is 8.40. The summed E-state index contributed by atoms with van der Waals surface area (Å²) in [6.07, 6.45) is 5.78. The summed E-state index contributed by atoms with van der Waals surface area (Å²) in [7, 11) is 1.86. The van der Waals surface area contributed by atoms with Gasteiger partial charge in [-0.1, -0.05) is 6.92 Å². The molecular weight excluding hydrogens is 419 g/mol. The van der Waals surface area contributed by atoms with E-state index in [1.807, 2.05) is 7.05 Å². The number of guanidine groups is 1. The van der Waals surface area contributed by atoms with Crippen molar-refractivity contribution in [3.63, 3.8) is 0 Å². The van der Waals surface area contributed by atoms with Crippen LogP contribution in [0.25, 0.3) is 11.0 Å². The number of rotatable bonds is 4. The van der Waals surface area contributed by atoms with E-state index in [0.29, 0.717) is 25.0 Å². The maximum Gasteiger partial charge on any atom is 0.191 e. The Kier molecular flexibility index (Phi) is 6.58. The fourth-order valence-corrected chi connectivity index (χ4v) is 2.95. The average molecular weight is 444 g/mol. The highest BCUT2D eigenvalue weighted by Crippen LogP contribution is 2.17. The van der Waals surface area contributed by atoms with Crippen LogP contribution in [0.3, 0.4) is 0 Å². The first-order valence-corrected chi connectivity index (χ1v) is 8.06. The highest BCUT2D eigenvalue weighted by atomic mass is 127. The number of aryl methyl sites for hydroxylation is 1. The Morgan fingerprint density at radius 1 is 1.46 bits per heavy atom. The molecule has 0 aliphatic carbocycles. The number of nitrogens with two attached hydrogens (primary N) is 1. The average Bonchev–Trinajstić information content (AvgIpc) is 2.93. The Bertz CT molecular complexity index is 698. The number of hydrogen-bond donors (Lipinski definition) is 2. The predicted octanol–water partition coefficient (Wildman–Crippen LogP) is 1.44. The maximum absolute atomic E-state index is 6.09. The third-order valence-corrected chi connectivity index (χ3v) is 4.19. The number of aromatic nitrogens is 4. The quantitative estimate of drug-likeness (QED) is 0.321. The van der Waals surface area contributed by atoms with Gasteiger partial charge in [0.2, 0.25) is 0 Å². The zero-order valence-corrected chi connectivity index (χ0v) is 16.5. The number of aliphatic imine (C=N–C) groups is 1. The van der Waals surface area contributed by atoms with Gasteiger partial charge in [0.05, 0.1) is 18.1 Å². The molecule has 2 aromatic rings. The van der Waals surface area contributed by atoms with Crippen LogP contribution in [0.4, 0.5) is 5.82 Å². The van der Waals surface area contributed by atoms with Crippen molar-refractivity contribution in [3.05, 3.63) is 12.5 Å². The molecule has 0 amide bonds. The number of fused-ring (bicyclic) bond motifs is 1. The van der Waals surface area contributed by atoms with Crippen LogP contribution in [0, 0.1) is 5.92 Å². The summed E-state index contributed by atoms with van der Waals surface area (Å²) in [5.74, 6) is 2.12. The SMILES string of the molecule is CC1CCCN(C(N)=NCCNc2ncnc3c2cnn3C)C1.I. The zero-order valence-electron chi connectivity index (χ0n) is 14.1. The van der Waals surface area contributed by atoms with Gasteiger partial charge in [0.1, 0.15) is 12.1 Å². The largest absolute Gasteiger partial charge is 0.370 e. The number of nitrogens with zero attached hydrogens (tertiary/aromatic N) is 6. The van der Waals surface area contributed by atoms with Crippen LogP contribution in [-0.4, -0.2) is 56.8 Å². The molecule has 1 unspecified atom stereocenters. The van der Waals surface area contributed by atoms with Gasteiger partial charge >= 0.3 is 0 Å². The third kappa shape index (κ3) is 4.25. The topological polar surface area (TPSA) is 97.2 Å². The highest BCUT2D eigenvalue weighted by molar-refractivity contribution is 14.0. The third-order valence-electron chi connectivity index (χ3n) is 4.19. The van der Waals surface area contributed by atoms with E-state index >= 15 is 0 Å². The first kappa shape index (κ1) is 18.7. The second kappa shape index (κ2) is 8.45. The lowest BCUT2D eigenvalue weighted by Crippen LogP contribution is -2.43. The van der Waals surface area contributed by atoms with Crippen molar-refractivity contribution in [3.8, 4) is 0 Å². The number of anilines is 1. The molecule has 3 N–H and O–H groups in total. The van der Waals surface area contributed by atoms with Gasteiger partial charge in [0, 0.05) is 26.7 Å². The number of piperidine rings is 1. The lowest BCUT2D eigenvalue weighted by molar-refractivity contribution is 0.270. The van der Waals surface area contributed by atoms with Crippen LogP contribution in [-0.2, 0) is 7.05 Å². The Morgan fingerprint density at radius 3 is 3.08 bits per heavy atom. The van der Waals surface area contributed by atoms with Crippen molar-refractivity contribution in [1.82, 2.24) is 24.6 Å². The first-order valence-electron chi connectivity index (χ1n) is 8.06. The molecule has 132 valence electrons. The minimum absolute atomic E-state index is 0. The summed E-state index contributed by atoms with van der Waals surface area (Å²) < 4.78 is 1.73. The molecule has 0 aromatic carbocycles. The van der Waals surface area contributed by atoms with Gasteiger partial charge in [-0.3, -0.25) is 9.67 Å². The van der Waals surface area contributed by atoms with Gasteiger partial charge in [-0.15, -0.1) is 24.0 Å². The van der Waals surface area contributed by atoms with E-state index in [1.165, 1.54) is 12.8 Å². The number of likely N-dealkylation sites (tertiary alicyclic amines) is 1. The zero-order chi connectivity index (χ0) is 16.2. The maximum atomic E-state index is 6.09. The Hall–Kier alpha value is -1.65. The van der Waals surface area contributed by atoms with Gasteiger partial charge in [-0.2, -0.15) is 5.10 Å². The normalized spacial score (nSPS) is 18.5. The minimum Gasteiger partial charge on any atom is -0.370 e. The van der Waals surface area contributed by atoms with Gasteiger partial charge in [0.25, 0.3) is 0 Å². The van der Waals surface area contributed by atoms with E-state index in [0.717, 1.165) is 29.9 Å². The number of hydrogen-bond acceptors (Lipinski definition) is 5. The lowest BCUT2D eigenvalue weighted by Gasteiger charge is -2.31. The Balaban J connectivity index is 0.00000208. The molecule has 0 saturated carbocycles. The molecule has 3 rings (SSSR count).